The van der Waals surface area contributed by atoms with Crippen LogP contribution in [0.3, 0.4) is 0 Å². The third kappa shape index (κ3) is 5.47. The molecule has 6 rings (SSSR count). The maximum Gasteiger partial charge on any atom is 0.338 e. The Morgan fingerprint density at radius 1 is 0.953 bits per heavy atom. The number of thiazole rings is 1. The zero-order chi connectivity index (χ0) is 29.9. The van der Waals surface area contributed by atoms with Gasteiger partial charge in [0, 0.05) is 17.3 Å². The van der Waals surface area contributed by atoms with Crippen molar-refractivity contribution in [1.82, 2.24) is 14.3 Å². The van der Waals surface area contributed by atoms with E-state index in [0.29, 0.717) is 27.2 Å². The summed E-state index contributed by atoms with van der Waals surface area (Å²) in [4.78, 5) is 32.5. The van der Waals surface area contributed by atoms with Crippen LogP contribution in [0.5, 0.6) is 5.75 Å². The predicted octanol–water partition coefficient (Wildman–Crippen LogP) is 5.05. The monoisotopic (exact) mass is 590 g/mol. The highest BCUT2D eigenvalue weighted by molar-refractivity contribution is 7.07. The summed E-state index contributed by atoms with van der Waals surface area (Å²) in [5.41, 5.74) is 4.74. The quantitative estimate of drug-likeness (QED) is 0.236. The number of benzene rings is 3. The molecule has 0 aliphatic carbocycles. The molecule has 5 aromatic rings. The van der Waals surface area contributed by atoms with E-state index in [4.69, 9.17) is 19.6 Å². The van der Waals surface area contributed by atoms with Gasteiger partial charge in [0.1, 0.15) is 11.4 Å². The second kappa shape index (κ2) is 12.1. The molecule has 9 heteroatoms. The van der Waals surface area contributed by atoms with Crippen LogP contribution in [0.2, 0.25) is 0 Å². The summed E-state index contributed by atoms with van der Waals surface area (Å²) in [6.07, 6.45) is 3.77. The number of carbonyl (C=O) groups excluding carboxylic acids is 1. The number of aromatic nitrogens is 3. The van der Waals surface area contributed by atoms with E-state index in [9.17, 15) is 9.59 Å². The number of hydrogen-bond acceptors (Lipinski definition) is 7. The third-order valence-electron chi connectivity index (χ3n) is 7.12. The summed E-state index contributed by atoms with van der Waals surface area (Å²) in [6.45, 7) is 6.30. The number of nitrogens with zero attached hydrogens (tertiary/aromatic N) is 4. The van der Waals surface area contributed by atoms with Crippen LogP contribution in [0.25, 0.3) is 23.0 Å². The summed E-state index contributed by atoms with van der Waals surface area (Å²) in [5, 5.41) is 4.91. The SMILES string of the molecule is CCOC(=O)C1=C(C)N=c2s/c(=C/c3cn(-c4ccccc4)nc3-c3ccc(OCC)cc3)c(=O)n2[C@H]1c1ccccc1. The van der Waals surface area contributed by atoms with Crippen LogP contribution in [0.4, 0.5) is 0 Å². The van der Waals surface area contributed by atoms with Crippen molar-refractivity contribution in [2.45, 2.75) is 26.8 Å². The van der Waals surface area contributed by atoms with Gasteiger partial charge >= 0.3 is 5.97 Å². The van der Waals surface area contributed by atoms with Crippen molar-refractivity contribution in [2.75, 3.05) is 13.2 Å². The van der Waals surface area contributed by atoms with Gasteiger partial charge in [-0.2, -0.15) is 5.10 Å². The zero-order valence-corrected chi connectivity index (χ0v) is 24.9. The summed E-state index contributed by atoms with van der Waals surface area (Å²) >= 11 is 1.29. The number of rotatable bonds is 8. The van der Waals surface area contributed by atoms with Crippen LogP contribution in [0.15, 0.2) is 112 Å². The van der Waals surface area contributed by atoms with E-state index < -0.39 is 12.0 Å². The molecule has 43 heavy (non-hydrogen) atoms. The molecular formula is C34H30N4O4S. The van der Waals surface area contributed by atoms with Gasteiger partial charge in [-0.15, -0.1) is 0 Å². The topological polar surface area (TPSA) is 87.7 Å². The number of fused-ring (bicyclic) bond motifs is 1. The first-order chi connectivity index (χ1) is 21.0. The van der Waals surface area contributed by atoms with Gasteiger partial charge in [-0.1, -0.05) is 59.9 Å². The van der Waals surface area contributed by atoms with E-state index in [2.05, 4.69) is 0 Å². The van der Waals surface area contributed by atoms with Crippen molar-refractivity contribution >= 4 is 23.4 Å². The molecule has 8 nitrogen and oxygen atoms in total. The largest absolute Gasteiger partial charge is 0.494 e. The number of carbonyl (C=O) groups is 1. The zero-order valence-electron chi connectivity index (χ0n) is 24.1. The van der Waals surface area contributed by atoms with E-state index >= 15 is 0 Å². The molecular weight excluding hydrogens is 560 g/mol. The molecule has 0 saturated heterocycles. The van der Waals surface area contributed by atoms with Gasteiger partial charge < -0.3 is 9.47 Å². The first-order valence-electron chi connectivity index (χ1n) is 14.1. The van der Waals surface area contributed by atoms with Crippen molar-refractivity contribution in [3.05, 3.63) is 133 Å². The minimum atomic E-state index is -0.656. The highest BCUT2D eigenvalue weighted by Gasteiger charge is 2.33. The molecule has 1 aliphatic rings. The molecule has 216 valence electrons. The lowest BCUT2D eigenvalue weighted by molar-refractivity contribution is -0.139. The fourth-order valence-electron chi connectivity index (χ4n) is 5.19. The molecule has 1 atom stereocenters. The first kappa shape index (κ1) is 28.1. The molecule has 2 aromatic heterocycles. The lowest BCUT2D eigenvalue weighted by atomic mass is 9.96. The van der Waals surface area contributed by atoms with Crippen molar-refractivity contribution in [2.24, 2.45) is 4.99 Å². The molecule has 3 heterocycles. The summed E-state index contributed by atoms with van der Waals surface area (Å²) in [5.74, 6) is 0.297. The van der Waals surface area contributed by atoms with Gasteiger partial charge in [0.15, 0.2) is 4.80 Å². The smallest absolute Gasteiger partial charge is 0.338 e. The Morgan fingerprint density at radius 2 is 1.65 bits per heavy atom. The molecule has 0 spiro atoms. The summed E-state index contributed by atoms with van der Waals surface area (Å²) in [6, 6.07) is 26.4. The van der Waals surface area contributed by atoms with Gasteiger partial charge in [0.2, 0.25) is 0 Å². The molecule has 0 N–H and O–H groups in total. The molecule has 1 aliphatic heterocycles. The lowest BCUT2D eigenvalue weighted by Gasteiger charge is -2.24. The fraction of sp³-hybridized carbons (Fsp3) is 0.176. The van der Waals surface area contributed by atoms with Gasteiger partial charge in [0.05, 0.1) is 40.7 Å². The average molecular weight is 591 g/mol. The molecule has 0 radical (unpaired) electrons. The number of allylic oxidation sites excluding steroid dienone is 1. The van der Waals surface area contributed by atoms with Gasteiger partial charge in [0.25, 0.3) is 5.56 Å². The summed E-state index contributed by atoms with van der Waals surface area (Å²) in [7, 11) is 0. The van der Waals surface area contributed by atoms with E-state index in [-0.39, 0.29) is 12.2 Å². The second-order valence-electron chi connectivity index (χ2n) is 9.88. The van der Waals surface area contributed by atoms with Crippen molar-refractivity contribution in [1.29, 1.82) is 0 Å². The van der Waals surface area contributed by atoms with Gasteiger partial charge in [-0.3, -0.25) is 9.36 Å². The van der Waals surface area contributed by atoms with Crippen LogP contribution in [0.1, 0.15) is 37.9 Å². The Hall–Kier alpha value is -5.02. The Bertz CT molecular complexity index is 1990. The highest BCUT2D eigenvalue weighted by atomic mass is 32.1. The van der Waals surface area contributed by atoms with Crippen molar-refractivity contribution < 1.29 is 14.3 Å². The molecule has 0 amide bonds. The standard InChI is InChI=1S/C34H30N4O4S/c1-4-41-27-18-16-23(17-19-27)30-25(21-37(36-30)26-14-10-7-11-15-26)20-28-32(39)38-31(24-12-8-6-9-13-24)29(33(40)42-5-2)22(3)35-34(38)43-28/h6-21,31H,4-5H2,1-3H3/b28-20+/t31-/m0/s1. The third-order valence-corrected chi connectivity index (χ3v) is 8.10. The highest BCUT2D eigenvalue weighted by Crippen LogP contribution is 2.31. The van der Waals surface area contributed by atoms with E-state index in [1.165, 1.54) is 11.3 Å². The van der Waals surface area contributed by atoms with Crippen molar-refractivity contribution in [3.63, 3.8) is 0 Å². The number of hydrogen-bond donors (Lipinski definition) is 0. The normalized spacial score (nSPS) is 14.8. The van der Waals surface area contributed by atoms with E-state index in [1.54, 1.807) is 18.4 Å². The van der Waals surface area contributed by atoms with Crippen LogP contribution in [-0.2, 0) is 9.53 Å². The molecule has 0 fully saturated rings. The van der Waals surface area contributed by atoms with E-state index in [1.807, 2.05) is 109 Å². The minimum absolute atomic E-state index is 0.223. The number of ether oxygens (including phenoxy) is 2. The van der Waals surface area contributed by atoms with Crippen LogP contribution in [0, 0.1) is 0 Å². The summed E-state index contributed by atoms with van der Waals surface area (Å²) < 4.78 is 14.9. The number of para-hydroxylation sites is 1. The lowest BCUT2D eigenvalue weighted by Crippen LogP contribution is -2.39. The fourth-order valence-corrected chi connectivity index (χ4v) is 6.23. The van der Waals surface area contributed by atoms with Crippen LogP contribution in [-0.4, -0.2) is 33.5 Å². The van der Waals surface area contributed by atoms with Crippen LogP contribution < -0.4 is 19.6 Å². The molecule has 0 bridgehead atoms. The maximum atomic E-state index is 14.1. The van der Waals surface area contributed by atoms with Gasteiger partial charge in [-0.05, 0) is 68.8 Å². The Kier molecular flexibility index (Phi) is 7.89. The molecule has 0 unspecified atom stereocenters. The van der Waals surface area contributed by atoms with Crippen molar-refractivity contribution in [3.8, 4) is 22.7 Å². The Labute approximate surface area is 252 Å². The van der Waals surface area contributed by atoms with Gasteiger partial charge in [-0.25, -0.2) is 14.5 Å². The Balaban J connectivity index is 1.53. The number of esters is 1. The molecule has 3 aromatic carbocycles. The second-order valence-corrected chi connectivity index (χ2v) is 10.9. The van der Waals surface area contributed by atoms with Crippen LogP contribution >= 0.6 is 11.3 Å². The minimum Gasteiger partial charge on any atom is -0.494 e. The van der Waals surface area contributed by atoms with E-state index in [0.717, 1.165) is 33.8 Å². The molecule has 0 saturated carbocycles. The predicted molar refractivity (Wildman–Crippen MR) is 167 cm³/mol. The maximum absolute atomic E-state index is 14.1. The Morgan fingerprint density at radius 3 is 2.33 bits per heavy atom. The average Bonchev–Trinajstić information content (AvgIpc) is 3.58. The first-order valence-corrected chi connectivity index (χ1v) is 14.9.